The summed E-state index contributed by atoms with van der Waals surface area (Å²) in [7, 11) is 1.97. The van der Waals surface area contributed by atoms with E-state index in [1.165, 1.54) is 4.88 Å². The summed E-state index contributed by atoms with van der Waals surface area (Å²) < 4.78 is 5.56. The van der Waals surface area contributed by atoms with Crippen LogP contribution in [0.2, 0.25) is 0 Å². The molecule has 0 aliphatic heterocycles. The van der Waals surface area contributed by atoms with Crippen LogP contribution in [0, 0.1) is 0 Å². The molecule has 74 valence electrons. The molecule has 1 aromatic heterocycles. The van der Waals surface area contributed by atoms with E-state index in [0.29, 0.717) is 12.1 Å². The highest BCUT2D eigenvalue weighted by Gasteiger charge is 2.10. The number of ether oxygens (including phenoxy) is 1. The summed E-state index contributed by atoms with van der Waals surface area (Å²) >= 11 is 1.76. The van der Waals surface area contributed by atoms with Crippen molar-refractivity contribution in [2.24, 2.45) is 0 Å². The number of likely N-dealkylation sites (N-methyl/N-ethyl adjacent to an activating group) is 1. The summed E-state index contributed by atoms with van der Waals surface area (Å²) in [6.45, 7) is 4.86. The maximum Gasteiger partial charge on any atom is 0.0672 e. The molecular formula is C10H17NOS. The fourth-order valence-corrected chi connectivity index (χ4v) is 1.91. The molecule has 1 rings (SSSR count). The normalized spacial score (nSPS) is 13.5. The Labute approximate surface area is 83.9 Å². The summed E-state index contributed by atoms with van der Waals surface area (Å²) in [5.74, 6) is 0. The lowest BCUT2D eigenvalue weighted by Crippen LogP contribution is -2.22. The molecule has 0 bridgehead atoms. The Morgan fingerprint density at radius 2 is 2.31 bits per heavy atom. The van der Waals surface area contributed by atoms with Crippen LogP contribution in [0.4, 0.5) is 0 Å². The average molecular weight is 199 g/mol. The third-order valence-corrected chi connectivity index (χ3v) is 2.82. The molecule has 2 nitrogen and oxygen atoms in total. The molecule has 1 heterocycles. The molecule has 3 heteroatoms. The van der Waals surface area contributed by atoms with Gasteiger partial charge >= 0.3 is 0 Å². The molecule has 0 saturated carbocycles. The van der Waals surface area contributed by atoms with Crippen LogP contribution >= 0.6 is 11.3 Å². The fourth-order valence-electron chi connectivity index (χ4n) is 1.09. The molecular weight excluding hydrogens is 182 g/mol. The molecule has 0 aliphatic carbocycles. The van der Waals surface area contributed by atoms with Gasteiger partial charge in [0, 0.05) is 4.88 Å². The van der Waals surface area contributed by atoms with Crippen molar-refractivity contribution in [3.63, 3.8) is 0 Å². The van der Waals surface area contributed by atoms with Crippen LogP contribution in [0.1, 0.15) is 24.8 Å². The zero-order valence-electron chi connectivity index (χ0n) is 8.41. The van der Waals surface area contributed by atoms with Gasteiger partial charge in [-0.15, -0.1) is 11.3 Å². The van der Waals surface area contributed by atoms with E-state index in [2.05, 4.69) is 36.7 Å². The number of nitrogens with one attached hydrogen (secondary N) is 1. The van der Waals surface area contributed by atoms with Gasteiger partial charge in [-0.2, -0.15) is 0 Å². The molecule has 0 aliphatic rings. The third-order valence-electron chi connectivity index (χ3n) is 1.83. The van der Waals surface area contributed by atoms with Crippen molar-refractivity contribution in [2.75, 3.05) is 13.7 Å². The Morgan fingerprint density at radius 1 is 1.54 bits per heavy atom. The molecule has 0 saturated heterocycles. The lowest BCUT2D eigenvalue weighted by Gasteiger charge is -2.16. The number of hydrogen-bond donors (Lipinski definition) is 1. The molecule has 1 N–H and O–H groups in total. The summed E-state index contributed by atoms with van der Waals surface area (Å²) in [6, 6.07) is 4.54. The van der Waals surface area contributed by atoms with E-state index in [1.54, 1.807) is 11.3 Å². The monoisotopic (exact) mass is 199 g/mol. The zero-order chi connectivity index (χ0) is 9.68. The maximum absolute atomic E-state index is 5.56. The van der Waals surface area contributed by atoms with Gasteiger partial charge in [0.15, 0.2) is 0 Å². The van der Waals surface area contributed by atoms with E-state index in [0.717, 1.165) is 6.61 Å². The molecule has 0 radical (unpaired) electrons. The molecule has 1 atom stereocenters. The van der Waals surface area contributed by atoms with Crippen molar-refractivity contribution in [2.45, 2.75) is 26.0 Å². The van der Waals surface area contributed by atoms with E-state index in [4.69, 9.17) is 4.74 Å². The highest BCUT2D eigenvalue weighted by molar-refractivity contribution is 7.10. The van der Waals surface area contributed by atoms with Crippen LogP contribution in [0.25, 0.3) is 0 Å². The first-order chi connectivity index (χ1) is 6.24. The SMILES string of the molecule is CNC(COC(C)C)c1cccs1. The summed E-state index contributed by atoms with van der Waals surface area (Å²) in [4.78, 5) is 1.34. The first kappa shape index (κ1) is 10.7. The van der Waals surface area contributed by atoms with Gasteiger partial charge in [-0.05, 0) is 32.3 Å². The fraction of sp³-hybridized carbons (Fsp3) is 0.600. The highest BCUT2D eigenvalue weighted by atomic mass is 32.1. The highest BCUT2D eigenvalue weighted by Crippen LogP contribution is 2.18. The number of thiophene rings is 1. The first-order valence-electron chi connectivity index (χ1n) is 4.56. The minimum atomic E-state index is 0.302. The van der Waals surface area contributed by atoms with E-state index in [9.17, 15) is 0 Å². The van der Waals surface area contributed by atoms with Gasteiger partial charge in [0.2, 0.25) is 0 Å². The second kappa shape index (κ2) is 5.37. The second-order valence-electron chi connectivity index (χ2n) is 3.24. The first-order valence-corrected chi connectivity index (χ1v) is 5.44. The summed E-state index contributed by atoms with van der Waals surface area (Å²) in [5.41, 5.74) is 0. The molecule has 0 fully saturated rings. The van der Waals surface area contributed by atoms with Gasteiger partial charge in [-0.1, -0.05) is 6.07 Å². The Balaban J connectivity index is 2.44. The lowest BCUT2D eigenvalue weighted by atomic mass is 10.2. The van der Waals surface area contributed by atoms with E-state index < -0.39 is 0 Å². The quantitative estimate of drug-likeness (QED) is 0.786. The minimum absolute atomic E-state index is 0.302. The lowest BCUT2D eigenvalue weighted by molar-refractivity contribution is 0.0632. The van der Waals surface area contributed by atoms with Gasteiger partial charge in [-0.3, -0.25) is 0 Å². The maximum atomic E-state index is 5.56. The van der Waals surface area contributed by atoms with Crippen molar-refractivity contribution < 1.29 is 4.74 Å². The van der Waals surface area contributed by atoms with E-state index in [1.807, 2.05) is 7.05 Å². The largest absolute Gasteiger partial charge is 0.377 e. The van der Waals surface area contributed by atoms with Gasteiger partial charge in [0.1, 0.15) is 0 Å². The second-order valence-corrected chi connectivity index (χ2v) is 4.22. The summed E-state index contributed by atoms with van der Waals surface area (Å²) in [6.07, 6.45) is 0.302. The van der Waals surface area contributed by atoms with Gasteiger partial charge in [-0.25, -0.2) is 0 Å². The van der Waals surface area contributed by atoms with Crippen molar-refractivity contribution >= 4 is 11.3 Å². The number of rotatable bonds is 5. The van der Waals surface area contributed by atoms with Gasteiger partial charge < -0.3 is 10.1 Å². The molecule has 0 aromatic carbocycles. The van der Waals surface area contributed by atoms with Crippen LogP contribution in [0.15, 0.2) is 17.5 Å². The summed E-state index contributed by atoms with van der Waals surface area (Å²) in [5, 5.41) is 5.34. The van der Waals surface area contributed by atoms with Crippen molar-refractivity contribution in [1.29, 1.82) is 0 Å². The Hall–Kier alpha value is -0.380. The van der Waals surface area contributed by atoms with Crippen molar-refractivity contribution in [3.8, 4) is 0 Å². The van der Waals surface area contributed by atoms with Crippen LogP contribution in [0.3, 0.4) is 0 Å². The Morgan fingerprint density at radius 3 is 2.77 bits per heavy atom. The van der Waals surface area contributed by atoms with Crippen LogP contribution in [-0.2, 0) is 4.74 Å². The number of hydrogen-bond acceptors (Lipinski definition) is 3. The van der Waals surface area contributed by atoms with E-state index in [-0.39, 0.29) is 0 Å². The standard InChI is InChI=1S/C10H17NOS/c1-8(2)12-7-9(11-3)10-5-4-6-13-10/h4-6,8-9,11H,7H2,1-3H3. The zero-order valence-corrected chi connectivity index (χ0v) is 9.23. The Kier molecular flexibility index (Phi) is 4.42. The van der Waals surface area contributed by atoms with Crippen molar-refractivity contribution in [3.05, 3.63) is 22.4 Å². The minimum Gasteiger partial charge on any atom is -0.377 e. The van der Waals surface area contributed by atoms with Gasteiger partial charge in [0.05, 0.1) is 18.8 Å². The molecule has 1 aromatic rings. The topological polar surface area (TPSA) is 21.3 Å². The third kappa shape index (κ3) is 3.46. The predicted molar refractivity (Wildman–Crippen MR) is 57.2 cm³/mol. The molecule has 13 heavy (non-hydrogen) atoms. The van der Waals surface area contributed by atoms with E-state index >= 15 is 0 Å². The van der Waals surface area contributed by atoms with Crippen LogP contribution in [-0.4, -0.2) is 19.8 Å². The molecule has 1 unspecified atom stereocenters. The predicted octanol–water partition coefficient (Wildman–Crippen LogP) is 2.43. The van der Waals surface area contributed by atoms with Crippen LogP contribution < -0.4 is 5.32 Å². The smallest absolute Gasteiger partial charge is 0.0672 e. The average Bonchev–Trinajstić information content (AvgIpc) is 2.58. The molecule has 0 amide bonds. The molecule has 0 spiro atoms. The van der Waals surface area contributed by atoms with Crippen LogP contribution in [0.5, 0.6) is 0 Å². The van der Waals surface area contributed by atoms with Gasteiger partial charge in [0.25, 0.3) is 0 Å². The van der Waals surface area contributed by atoms with Crippen molar-refractivity contribution in [1.82, 2.24) is 5.32 Å². The Bertz CT molecular complexity index is 221.